The number of aryl methyl sites for hydroxylation is 1. The van der Waals surface area contributed by atoms with Crippen LogP contribution in [0.2, 0.25) is 0 Å². The van der Waals surface area contributed by atoms with Gasteiger partial charge in [-0.1, -0.05) is 0 Å². The summed E-state index contributed by atoms with van der Waals surface area (Å²) >= 11 is 0. The molecule has 0 spiro atoms. The van der Waals surface area contributed by atoms with E-state index in [1.165, 1.54) is 13.3 Å². The molecule has 80 valence electrons. The molecule has 0 aliphatic rings. The van der Waals surface area contributed by atoms with Crippen LogP contribution in [0.15, 0.2) is 11.1 Å². The van der Waals surface area contributed by atoms with Gasteiger partial charge in [0, 0.05) is 13.7 Å². The van der Waals surface area contributed by atoms with Crippen molar-refractivity contribution in [2.45, 2.75) is 11.8 Å². The number of H-pyrrole nitrogens is 1. The quantitative estimate of drug-likeness (QED) is 0.662. The number of ether oxygens (including phenoxy) is 1. The van der Waals surface area contributed by atoms with Gasteiger partial charge in [0.25, 0.3) is 0 Å². The van der Waals surface area contributed by atoms with Gasteiger partial charge in [0.15, 0.2) is 0 Å². The second kappa shape index (κ2) is 4.54. The Kier molecular flexibility index (Phi) is 3.62. The highest BCUT2D eigenvalue weighted by molar-refractivity contribution is 7.89. The van der Waals surface area contributed by atoms with Crippen molar-refractivity contribution in [1.29, 1.82) is 0 Å². The van der Waals surface area contributed by atoms with Gasteiger partial charge in [0.05, 0.1) is 18.5 Å². The van der Waals surface area contributed by atoms with Crippen molar-refractivity contribution in [2.24, 2.45) is 0 Å². The topological polar surface area (TPSA) is 84.1 Å². The van der Waals surface area contributed by atoms with Gasteiger partial charge in [-0.15, -0.1) is 0 Å². The van der Waals surface area contributed by atoms with Crippen molar-refractivity contribution in [3.8, 4) is 0 Å². The van der Waals surface area contributed by atoms with E-state index in [2.05, 4.69) is 14.9 Å². The van der Waals surface area contributed by atoms with E-state index in [1.54, 1.807) is 6.92 Å². The molecule has 0 atom stereocenters. The molecule has 0 amide bonds. The fraction of sp³-hybridized carbons (Fsp3) is 0.571. The Morgan fingerprint density at radius 1 is 1.64 bits per heavy atom. The van der Waals surface area contributed by atoms with Crippen LogP contribution >= 0.6 is 0 Å². The van der Waals surface area contributed by atoms with E-state index in [0.29, 0.717) is 12.3 Å². The third kappa shape index (κ3) is 2.53. The van der Waals surface area contributed by atoms with Crippen molar-refractivity contribution in [3.63, 3.8) is 0 Å². The summed E-state index contributed by atoms with van der Waals surface area (Å²) in [5.41, 5.74) is 0.523. The molecule has 0 radical (unpaired) electrons. The summed E-state index contributed by atoms with van der Waals surface area (Å²) in [5.74, 6) is 0. The van der Waals surface area contributed by atoms with Gasteiger partial charge in [-0.3, -0.25) is 5.10 Å². The second-order valence-electron chi connectivity index (χ2n) is 2.75. The number of aromatic amines is 1. The van der Waals surface area contributed by atoms with Gasteiger partial charge in [0.1, 0.15) is 4.90 Å². The van der Waals surface area contributed by atoms with E-state index in [-0.39, 0.29) is 11.4 Å². The Labute approximate surface area is 82.7 Å². The lowest BCUT2D eigenvalue weighted by molar-refractivity contribution is 0.204. The molecule has 2 N–H and O–H groups in total. The Balaban J connectivity index is 2.72. The summed E-state index contributed by atoms with van der Waals surface area (Å²) in [4.78, 5) is 0.175. The van der Waals surface area contributed by atoms with Crippen molar-refractivity contribution in [1.82, 2.24) is 14.9 Å². The molecule has 1 aromatic rings. The maximum atomic E-state index is 11.6. The van der Waals surface area contributed by atoms with E-state index in [1.807, 2.05) is 0 Å². The highest BCUT2D eigenvalue weighted by Gasteiger charge is 2.17. The number of methoxy groups -OCH3 is 1. The molecular weight excluding hydrogens is 206 g/mol. The van der Waals surface area contributed by atoms with Gasteiger partial charge in [-0.05, 0) is 6.92 Å². The second-order valence-corrected chi connectivity index (χ2v) is 4.49. The standard InChI is InChI=1S/C7H13N3O3S/c1-6-7(5-8-10-6)14(11,12)9-3-4-13-2/h5,9H,3-4H2,1-2H3,(H,8,10). The summed E-state index contributed by atoms with van der Waals surface area (Å²) in [6.07, 6.45) is 1.28. The smallest absolute Gasteiger partial charge is 0.244 e. The number of nitrogens with zero attached hydrogens (tertiary/aromatic N) is 1. The van der Waals surface area contributed by atoms with Crippen LogP contribution in [0.4, 0.5) is 0 Å². The van der Waals surface area contributed by atoms with Crippen LogP contribution in [0, 0.1) is 6.92 Å². The molecule has 1 heterocycles. The Bertz CT molecular complexity index is 385. The minimum Gasteiger partial charge on any atom is -0.383 e. The van der Waals surface area contributed by atoms with Crippen molar-refractivity contribution < 1.29 is 13.2 Å². The third-order valence-electron chi connectivity index (χ3n) is 1.67. The molecule has 0 aliphatic heterocycles. The molecule has 6 nitrogen and oxygen atoms in total. The molecular formula is C7H13N3O3S. The third-order valence-corrected chi connectivity index (χ3v) is 3.25. The molecule has 1 aromatic heterocycles. The Morgan fingerprint density at radius 3 is 2.86 bits per heavy atom. The number of rotatable bonds is 5. The van der Waals surface area contributed by atoms with Crippen LogP contribution in [0.5, 0.6) is 0 Å². The summed E-state index contributed by atoms with van der Waals surface area (Å²) in [6, 6.07) is 0. The summed E-state index contributed by atoms with van der Waals surface area (Å²) in [7, 11) is -1.93. The predicted molar refractivity (Wildman–Crippen MR) is 50.4 cm³/mol. The van der Waals surface area contributed by atoms with Gasteiger partial charge < -0.3 is 4.74 Å². The molecule has 0 saturated carbocycles. The van der Waals surface area contributed by atoms with Crippen LogP contribution in [-0.4, -0.2) is 38.9 Å². The van der Waals surface area contributed by atoms with Gasteiger partial charge in [-0.2, -0.15) is 5.10 Å². The van der Waals surface area contributed by atoms with Crippen molar-refractivity contribution in [2.75, 3.05) is 20.3 Å². The largest absolute Gasteiger partial charge is 0.383 e. The van der Waals surface area contributed by atoms with E-state index < -0.39 is 10.0 Å². The van der Waals surface area contributed by atoms with Crippen LogP contribution in [-0.2, 0) is 14.8 Å². The molecule has 0 unspecified atom stereocenters. The maximum absolute atomic E-state index is 11.6. The van der Waals surface area contributed by atoms with Crippen LogP contribution in [0.1, 0.15) is 5.69 Å². The zero-order chi connectivity index (χ0) is 10.6. The summed E-state index contributed by atoms with van der Waals surface area (Å²) < 4.78 is 30.2. The van der Waals surface area contributed by atoms with Gasteiger partial charge in [-0.25, -0.2) is 13.1 Å². The zero-order valence-electron chi connectivity index (χ0n) is 8.07. The van der Waals surface area contributed by atoms with Crippen molar-refractivity contribution in [3.05, 3.63) is 11.9 Å². The Morgan fingerprint density at radius 2 is 2.36 bits per heavy atom. The minimum atomic E-state index is -3.44. The molecule has 0 fully saturated rings. The van der Waals surface area contributed by atoms with Crippen LogP contribution in [0.3, 0.4) is 0 Å². The highest BCUT2D eigenvalue weighted by Crippen LogP contribution is 2.09. The van der Waals surface area contributed by atoms with Gasteiger partial charge >= 0.3 is 0 Å². The fourth-order valence-electron chi connectivity index (χ4n) is 0.966. The number of hydrogen-bond donors (Lipinski definition) is 2. The monoisotopic (exact) mass is 219 g/mol. The molecule has 1 rings (SSSR count). The predicted octanol–water partition coefficient (Wildman–Crippen LogP) is -0.357. The summed E-state index contributed by atoms with van der Waals surface area (Å²) in [5, 5.41) is 6.21. The number of hydrogen-bond acceptors (Lipinski definition) is 4. The number of aromatic nitrogens is 2. The maximum Gasteiger partial charge on any atom is 0.244 e. The summed E-state index contributed by atoms with van der Waals surface area (Å²) in [6.45, 7) is 2.25. The van der Waals surface area contributed by atoms with E-state index in [9.17, 15) is 8.42 Å². The normalized spacial score (nSPS) is 11.9. The zero-order valence-corrected chi connectivity index (χ0v) is 8.89. The van der Waals surface area contributed by atoms with E-state index >= 15 is 0 Å². The molecule has 0 aliphatic carbocycles. The fourth-order valence-corrected chi connectivity index (χ4v) is 2.11. The first-order valence-electron chi connectivity index (χ1n) is 4.06. The first-order valence-corrected chi connectivity index (χ1v) is 5.55. The Hall–Kier alpha value is -0.920. The lowest BCUT2D eigenvalue weighted by Gasteiger charge is -2.04. The molecule has 0 bridgehead atoms. The first kappa shape index (κ1) is 11.2. The van der Waals surface area contributed by atoms with Crippen LogP contribution in [0.25, 0.3) is 0 Å². The average Bonchev–Trinajstić information content (AvgIpc) is 2.52. The molecule has 7 heteroatoms. The highest BCUT2D eigenvalue weighted by atomic mass is 32.2. The molecule has 0 saturated heterocycles. The molecule has 0 aromatic carbocycles. The minimum absolute atomic E-state index is 0.175. The molecule has 14 heavy (non-hydrogen) atoms. The average molecular weight is 219 g/mol. The van der Waals surface area contributed by atoms with Crippen molar-refractivity contribution >= 4 is 10.0 Å². The first-order chi connectivity index (χ1) is 6.58. The number of sulfonamides is 1. The van der Waals surface area contributed by atoms with E-state index in [0.717, 1.165) is 0 Å². The lowest BCUT2D eigenvalue weighted by Crippen LogP contribution is -2.27. The van der Waals surface area contributed by atoms with Gasteiger partial charge in [0.2, 0.25) is 10.0 Å². The number of nitrogens with one attached hydrogen (secondary N) is 2. The van der Waals surface area contributed by atoms with E-state index in [4.69, 9.17) is 4.74 Å². The SMILES string of the molecule is COCCNS(=O)(=O)c1cn[nH]c1C. The van der Waals surface area contributed by atoms with Crippen LogP contribution < -0.4 is 4.72 Å². The lowest BCUT2D eigenvalue weighted by atomic mass is 10.5.